The number of benzene rings is 2. The zero-order valence-corrected chi connectivity index (χ0v) is 15.6. The number of thiophene rings is 1. The van der Waals surface area contributed by atoms with Gasteiger partial charge in [-0.1, -0.05) is 50.2 Å². The van der Waals surface area contributed by atoms with Crippen LogP contribution in [0.2, 0.25) is 0 Å². The van der Waals surface area contributed by atoms with Crippen LogP contribution in [0, 0.1) is 5.92 Å². The summed E-state index contributed by atoms with van der Waals surface area (Å²) < 4.78 is 0. The standard InChI is InChI=1S/C22H20N2OS/c1-13(2)11-17-9-10-18-19(23)21(26-22(18)24-17)20(25)16-8-7-14-5-3-4-6-15(14)12-16/h3-10,12-13H,11,23H2,1-2H3. The Hall–Kier alpha value is -2.72. The number of nitrogens with zero attached hydrogens (tertiary/aromatic N) is 1. The van der Waals surface area contributed by atoms with Crippen molar-refractivity contribution in [3.63, 3.8) is 0 Å². The molecule has 0 atom stereocenters. The lowest BCUT2D eigenvalue weighted by Crippen LogP contribution is -2.02. The Morgan fingerprint density at radius 3 is 2.62 bits per heavy atom. The number of anilines is 1. The highest BCUT2D eigenvalue weighted by Gasteiger charge is 2.19. The van der Waals surface area contributed by atoms with E-state index in [0.717, 1.165) is 33.1 Å². The summed E-state index contributed by atoms with van der Waals surface area (Å²) in [6.45, 7) is 4.34. The fourth-order valence-electron chi connectivity index (χ4n) is 3.20. The Labute approximate surface area is 156 Å². The topological polar surface area (TPSA) is 56.0 Å². The van der Waals surface area contributed by atoms with Crippen LogP contribution < -0.4 is 5.73 Å². The molecule has 0 bridgehead atoms. The Balaban J connectivity index is 1.76. The van der Waals surface area contributed by atoms with E-state index in [0.29, 0.717) is 22.0 Å². The Morgan fingerprint density at radius 1 is 1.08 bits per heavy atom. The van der Waals surface area contributed by atoms with Crippen LogP contribution in [0.15, 0.2) is 54.6 Å². The molecule has 2 aromatic heterocycles. The first-order chi connectivity index (χ1) is 12.5. The number of carbonyl (C=O) groups is 1. The Morgan fingerprint density at radius 2 is 1.85 bits per heavy atom. The molecule has 4 heteroatoms. The van der Waals surface area contributed by atoms with Gasteiger partial charge in [0.1, 0.15) is 9.71 Å². The molecule has 0 fully saturated rings. The molecule has 0 saturated carbocycles. The number of aromatic nitrogens is 1. The maximum Gasteiger partial charge on any atom is 0.205 e. The van der Waals surface area contributed by atoms with Gasteiger partial charge in [0.2, 0.25) is 5.78 Å². The Bertz CT molecular complexity index is 1130. The molecule has 26 heavy (non-hydrogen) atoms. The predicted molar refractivity (Wildman–Crippen MR) is 110 cm³/mol. The van der Waals surface area contributed by atoms with Gasteiger partial charge in [-0.15, -0.1) is 11.3 Å². The van der Waals surface area contributed by atoms with Crippen molar-refractivity contribution in [2.24, 2.45) is 5.92 Å². The van der Waals surface area contributed by atoms with Gasteiger partial charge in [0.25, 0.3) is 0 Å². The summed E-state index contributed by atoms with van der Waals surface area (Å²) >= 11 is 1.39. The maximum atomic E-state index is 13.0. The van der Waals surface area contributed by atoms with Gasteiger partial charge in [0.05, 0.1) is 5.69 Å². The second kappa shape index (κ2) is 6.54. The highest BCUT2D eigenvalue weighted by Crippen LogP contribution is 2.34. The molecule has 0 amide bonds. The zero-order valence-electron chi connectivity index (χ0n) is 14.8. The largest absolute Gasteiger partial charge is 0.397 e. The molecule has 0 saturated heterocycles. The number of hydrogen-bond donors (Lipinski definition) is 1. The quantitative estimate of drug-likeness (QED) is 0.492. The molecule has 2 heterocycles. The van der Waals surface area contributed by atoms with E-state index in [1.54, 1.807) is 0 Å². The molecule has 4 aromatic rings. The SMILES string of the molecule is CC(C)Cc1ccc2c(N)c(C(=O)c3ccc4ccccc4c3)sc2n1. The van der Waals surface area contributed by atoms with Crippen molar-refractivity contribution in [2.75, 3.05) is 5.73 Å². The van der Waals surface area contributed by atoms with Gasteiger partial charge in [0.15, 0.2) is 0 Å². The third-order valence-corrected chi connectivity index (χ3v) is 5.60. The molecule has 4 rings (SSSR count). The van der Waals surface area contributed by atoms with Crippen molar-refractivity contribution in [3.8, 4) is 0 Å². The van der Waals surface area contributed by atoms with Gasteiger partial charge in [-0.3, -0.25) is 4.79 Å². The number of carbonyl (C=O) groups excluding carboxylic acids is 1. The molecule has 0 unspecified atom stereocenters. The first-order valence-electron chi connectivity index (χ1n) is 8.74. The molecular formula is C22H20N2OS. The zero-order chi connectivity index (χ0) is 18.3. The maximum absolute atomic E-state index is 13.0. The van der Waals surface area contributed by atoms with Crippen molar-refractivity contribution >= 4 is 43.8 Å². The van der Waals surface area contributed by atoms with Crippen molar-refractivity contribution in [1.29, 1.82) is 0 Å². The minimum absolute atomic E-state index is 0.0401. The molecule has 0 aliphatic rings. The van der Waals surface area contributed by atoms with Gasteiger partial charge in [0, 0.05) is 16.6 Å². The van der Waals surface area contributed by atoms with Crippen LogP contribution in [0.4, 0.5) is 5.69 Å². The first-order valence-corrected chi connectivity index (χ1v) is 9.56. The van der Waals surface area contributed by atoms with E-state index >= 15 is 0 Å². The molecular weight excluding hydrogens is 340 g/mol. The summed E-state index contributed by atoms with van der Waals surface area (Å²) in [5.74, 6) is 0.498. The number of nitrogens with two attached hydrogens (primary N) is 1. The van der Waals surface area contributed by atoms with Gasteiger partial charge in [-0.05, 0) is 41.3 Å². The van der Waals surface area contributed by atoms with Crippen LogP contribution >= 0.6 is 11.3 Å². The normalized spacial score (nSPS) is 11.5. The lowest BCUT2D eigenvalue weighted by atomic mass is 10.0. The number of pyridine rings is 1. The summed E-state index contributed by atoms with van der Waals surface area (Å²) in [6.07, 6.45) is 0.918. The van der Waals surface area contributed by atoms with E-state index in [4.69, 9.17) is 10.7 Å². The molecule has 2 aromatic carbocycles. The van der Waals surface area contributed by atoms with E-state index < -0.39 is 0 Å². The number of fused-ring (bicyclic) bond motifs is 2. The van der Waals surface area contributed by atoms with Crippen LogP contribution in [0.25, 0.3) is 21.0 Å². The molecule has 130 valence electrons. The van der Waals surface area contributed by atoms with Crippen molar-refractivity contribution in [3.05, 3.63) is 70.7 Å². The van der Waals surface area contributed by atoms with Gasteiger partial charge in [-0.25, -0.2) is 4.98 Å². The Kier molecular flexibility index (Phi) is 4.21. The molecule has 0 radical (unpaired) electrons. The predicted octanol–water partition coefficient (Wildman–Crippen LogP) is 5.46. The van der Waals surface area contributed by atoms with E-state index in [1.165, 1.54) is 11.3 Å². The number of nitrogen functional groups attached to an aromatic ring is 1. The highest BCUT2D eigenvalue weighted by molar-refractivity contribution is 7.21. The van der Waals surface area contributed by atoms with Gasteiger partial charge in [-0.2, -0.15) is 0 Å². The minimum atomic E-state index is -0.0401. The van der Waals surface area contributed by atoms with Crippen molar-refractivity contribution in [2.45, 2.75) is 20.3 Å². The summed E-state index contributed by atoms with van der Waals surface area (Å²) in [5, 5.41) is 3.04. The third kappa shape index (κ3) is 2.97. The molecule has 0 spiro atoms. The summed E-state index contributed by atoms with van der Waals surface area (Å²) in [4.78, 5) is 19.2. The van der Waals surface area contributed by atoms with Crippen molar-refractivity contribution < 1.29 is 4.79 Å². The summed E-state index contributed by atoms with van der Waals surface area (Å²) in [6, 6.07) is 17.8. The van der Waals surface area contributed by atoms with Crippen LogP contribution in [0.3, 0.4) is 0 Å². The van der Waals surface area contributed by atoms with E-state index in [2.05, 4.69) is 13.8 Å². The van der Waals surface area contributed by atoms with Gasteiger partial charge < -0.3 is 5.73 Å². The van der Waals surface area contributed by atoms with E-state index in [9.17, 15) is 4.79 Å². The average molecular weight is 360 g/mol. The lowest BCUT2D eigenvalue weighted by Gasteiger charge is -2.03. The third-order valence-electron chi connectivity index (χ3n) is 4.49. The number of hydrogen-bond acceptors (Lipinski definition) is 4. The number of rotatable bonds is 4. The van der Waals surface area contributed by atoms with E-state index in [1.807, 2.05) is 54.6 Å². The van der Waals surface area contributed by atoms with Crippen LogP contribution in [0.1, 0.15) is 34.8 Å². The second-order valence-electron chi connectivity index (χ2n) is 6.99. The van der Waals surface area contributed by atoms with Crippen LogP contribution in [-0.4, -0.2) is 10.8 Å². The smallest absolute Gasteiger partial charge is 0.205 e. The second-order valence-corrected chi connectivity index (χ2v) is 7.99. The fourth-order valence-corrected chi connectivity index (χ4v) is 4.27. The monoisotopic (exact) mass is 360 g/mol. The lowest BCUT2D eigenvalue weighted by molar-refractivity contribution is 0.104. The summed E-state index contributed by atoms with van der Waals surface area (Å²) in [5.41, 5.74) is 8.52. The first kappa shape index (κ1) is 16.7. The fraction of sp³-hybridized carbons (Fsp3) is 0.182. The summed E-state index contributed by atoms with van der Waals surface area (Å²) in [7, 11) is 0. The average Bonchev–Trinajstić information content (AvgIpc) is 2.96. The van der Waals surface area contributed by atoms with Crippen LogP contribution in [0.5, 0.6) is 0 Å². The highest BCUT2D eigenvalue weighted by atomic mass is 32.1. The molecule has 2 N–H and O–H groups in total. The van der Waals surface area contributed by atoms with Crippen molar-refractivity contribution in [1.82, 2.24) is 4.98 Å². The molecule has 0 aliphatic carbocycles. The number of ketones is 1. The van der Waals surface area contributed by atoms with Gasteiger partial charge >= 0.3 is 0 Å². The van der Waals surface area contributed by atoms with Crippen LogP contribution in [-0.2, 0) is 6.42 Å². The molecule has 0 aliphatic heterocycles. The van der Waals surface area contributed by atoms with E-state index in [-0.39, 0.29) is 5.78 Å². The molecule has 3 nitrogen and oxygen atoms in total. The minimum Gasteiger partial charge on any atom is -0.397 e.